The van der Waals surface area contributed by atoms with Crippen LogP contribution in [0.5, 0.6) is 0 Å². The maximum atomic E-state index is 4.51. The van der Waals surface area contributed by atoms with Gasteiger partial charge in [-0.1, -0.05) is 6.07 Å². The number of nitrogens with one attached hydrogen (secondary N) is 3. The molecule has 0 fully saturated rings. The Morgan fingerprint density at radius 3 is 2.57 bits per heavy atom. The molecule has 6 nitrogen and oxygen atoms in total. The smallest absolute Gasteiger partial charge is 0.226 e. The Morgan fingerprint density at radius 1 is 1.10 bits per heavy atom. The van der Waals surface area contributed by atoms with Crippen LogP contribution in [0.4, 0.5) is 17.5 Å². The van der Waals surface area contributed by atoms with Gasteiger partial charge in [0, 0.05) is 12.2 Å². The van der Waals surface area contributed by atoms with Gasteiger partial charge in [-0.25, -0.2) is 4.98 Å². The molecule has 3 aromatic rings. The highest BCUT2D eigenvalue weighted by molar-refractivity contribution is 5.86. The summed E-state index contributed by atoms with van der Waals surface area (Å²) in [5.74, 6) is 1.29. The number of hydrogen-bond acceptors (Lipinski definition) is 5. The Morgan fingerprint density at radius 2 is 1.86 bits per heavy atom. The quantitative estimate of drug-likeness (QED) is 0.685. The normalized spacial score (nSPS) is 10.8. The number of hydrogen-bond donors (Lipinski definition) is 3. The molecular formula is C15H18N6. The van der Waals surface area contributed by atoms with Gasteiger partial charge in [0.05, 0.1) is 6.33 Å². The second kappa shape index (κ2) is 5.40. The maximum Gasteiger partial charge on any atom is 0.226 e. The Labute approximate surface area is 123 Å². The molecule has 0 aliphatic carbocycles. The second-order valence-corrected chi connectivity index (χ2v) is 5.03. The van der Waals surface area contributed by atoms with Crippen molar-refractivity contribution in [3.63, 3.8) is 0 Å². The van der Waals surface area contributed by atoms with E-state index in [0.717, 1.165) is 23.6 Å². The minimum Gasteiger partial charge on any atom is -0.354 e. The molecule has 3 rings (SSSR count). The third kappa shape index (κ3) is 2.79. The second-order valence-electron chi connectivity index (χ2n) is 5.03. The molecule has 21 heavy (non-hydrogen) atoms. The van der Waals surface area contributed by atoms with Crippen molar-refractivity contribution in [3.05, 3.63) is 35.7 Å². The molecule has 0 unspecified atom stereocenters. The van der Waals surface area contributed by atoms with Gasteiger partial charge in [-0.15, -0.1) is 0 Å². The van der Waals surface area contributed by atoms with Crippen molar-refractivity contribution in [3.8, 4) is 0 Å². The van der Waals surface area contributed by atoms with E-state index in [-0.39, 0.29) is 0 Å². The van der Waals surface area contributed by atoms with E-state index in [2.05, 4.69) is 62.6 Å². The van der Waals surface area contributed by atoms with E-state index in [9.17, 15) is 0 Å². The highest BCUT2D eigenvalue weighted by atomic mass is 15.2. The molecule has 0 amide bonds. The van der Waals surface area contributed by atoms with E-state index >= 15 is 0 Å². The number of fused-ring (bicyclic) bond motifs is 1. The number of imidazole rings is 1. The number of benzene rings is 1. The molecule has 2 aromatic heterocycles. The van der Waals surface area contributed by atoms with E-state index in [4.69, 9.17) is 0 Å². The summed E-state index contributed by atoms with van der Waals surface area (Å²) in [6.45, 7) is 6.93. The highest BCUT2D eigenvalue weighted by Crippen LogP contribution is 2.24. The lowest BCUT2D eigenvalue weighted by Crippen LogP contribution is -2.05. The molecule has 108 valence electrons. The fourth-order valence-corrected chi connectivity index (χ4v) is 2.34. The molecular weight excluding hydrogens is 264 g/mol. The monoisotopic (exact) mass is 282 g/mol. The Hall–Kier alpha value is -2.63. The van der Waals surface area contributed by atoms with Crippen LogP contribution in [0, 0.1) is 13.8 Å². The van der Waals surface area contributed by atoms with Crippen molar-refractivity contribution in [2.75, 3.05) is 17.2 Å². The van der Waals surface area contributed by atoms with E-state index < -0.39 is 0 Å². The van der Waals surface area contributed by atoms with Crippen molar-refractivity contribution in [2.45, 2.75) is 20.8 Å². The number of anilines is 3. The van der Waals surface area contributed by atoms with Gasteiger partial charge in [-0.05, 0) is 44.0 Å². The highest BCUT2D eigenvalue weighted by Gasteiger charge is 2.10. The lowest BCUT2D eigenvalue weighted by atomic mass is 10.1. The number of rotatable bonds is 4. The SMILES string of the molecule is CCNc1nc(Nc2cc(C)cc(C)c2)c2[nH]cnc2n1. The first-order chi connectivity index (χ1) is 10.2. The summed E-state index contributed by atoms with van der Waals surface area (Å²) in [6.07, 6.45) is 1.63. The third-order valence-corrected chi connectivity index (χ3v) is 3.10. The summed E-state index contributed by atoms with van der Waals surface area (Å²) in [5.41, 5.74) is 4.87. The van der Waals surface area contributed by atoms with Crippen LogP contribution in [0.25, 0.3) is 11.2 Å². The number of nitrogens with zero attached hydrogens (tertiary/aromatic N) is 3. The van der Waals surface area contributed by atoms with Crippen LogP contribution in [0.1, 0.15) is 18.1 Å². The Kier molecular flexibility index (Phi) is 3.43. The van der Waals surface area contributed by atoms with Gasteiger partial charge in [-0.2, -0.15) is 9.97 Å². The summed E-state index contributed by atoms with van der Waals surface area (Å²) < 4.78 is 0. The molecule has 2 heterocycles. The van der Waals surface area contributed by atoms with Gasteiger partial charge in [0.25, 0.3) is 0 Å². The minimum absolute atomic E-state index is 0.573. The van der Waals surface area contributed by atoms with Crippen molar-refractivity contribution in [2.24, 2.45) is 0 Å². The van der Waals surface area contributed by atoms with Crippen LogP contribution in [0.3, 0.4) is 0 Å². The van der Waals surface area contributed by atoms with E-state index in [1.807, 2.05) is 6.92 Å². The predicted molar refractivity (Wildman–Crippen MR) is 85.0 cm³/mol. The Bertz CT molecular complexity index is 757. The molecule has 6 heteroatoms. The zero-order valence-corrected chi connectivity index (χ0v) is 12.4. The van der Waals surface area contributed by atoms with Gasteiger partial charge >= 0.3 is 0 Å². The van der Waals surface area contributed by atoms with Gasteiger partial charge in [0.2, 0.25) is 5.95 Å². The average molecular weight is 282 g/mol. The van der Waals surface area contributed by atoms with Crippen molar-refractivity contribution >= 4 is 28.6 Å². The molecule has 0 spiro atoms. The molecule has 0 bridgehead atoms. The summed E-state index contributed by atoms with van der Waals surface area (Å²) in [6, 6.07) is 6.31. The van der Waals surface area contributed by atoms with E-state index in [1.54, 1.807) is 6.33 Å². The molecule has 0 saturated carbocycles. The van der Waals surface area contributed by atoms with Crippen molar-refractivity contribution in [1.29, 1.82) is 0 Å². The predicted octanol–water partition coefficient (Wildman–Crippen LogP) is 3.15. The lowest BCUT2D eigenvalue weighted by Gasteiger charge is -2.10. The molecule has 0 aliphatic rings. The molecule has 1 aromatic carbocycles. The maximum absolute atomic E-state index is 4.51. The fraction of sp³-hybridized carbons (Fsp3) is 0.267. The number of aromatic amines is 1. The molecule has 0 saturated heterocycles. The van der Waals surface area contributed by atoms with Crippen LogP contribution in [0.15, 0.2) is 24.5 Å². The zero-order valence-electron chi connectivity index (χ0n) is 12.4. The zero-order chi connectivity index (χ0) is 14.8. The van der Waals surface area contributed by atoms with Gasteiger partial charge in [-0.3, -0.25) is 0 Å². The van der Waals surface area contributed by atoms with E-state index in [1.165, 1.54) is 11.1 Å². The Balaban J connectivity index is 2.04. The minimum atomic E-state index is 0.573. The van der Waals surface area contributed by atoms with Gasteiger partial charge in [0.15, 0.2) is 11.5 Å². The summed E-state index contributed by atoms with van der Waals surface area (Å²) >= 11 is 0. The molecule has 0 aliphatic heterocycles. The largest absolute Gasteiger partial charge is 0.354 e. The average Bonchev–Trinajstić information content (AvgIpc) is 2.86. The first-order valence-electron chi connectivity index (χ1n) is 6.96. The molecule has 0 atom stereocenters. The first-order valence-corrected chi connectivity index (χ1v) is 6.96. The van der Waals surface area contributed by atoms with Crippen LogP contribution in [-0.2, 0) is 0 Å². The van der Waals surface area contributed by atoms with Crippen LogP contribution < -0.4 is 10.6 Å². The van der Waals surface area contributed by atoms with Gasteiger partial charge in [0.1, 0.15) is 5.52 Å². The van der Waals surface area contributed by atoms with Gasteiger partial charge < -0.3 is 15.6 Å². The standard InChI is InChI=1S/C15H18N6/c1-4-16-15-20-13-12(17-8-18-13)14(21-15)19-11-6-9(2)5-10(3)7-11/h5-8H,4H2,1-3H3,(H3,16,17,18,19,20,21). The molecule has 0 radical (unpaired) electrons. The topological polar surface area (TPSA) is 78.5 Å². The van der Waals surface area contributed by atoms with Crippen LogP contribution in [0.2, 0.25) is 0 Å². The van der Waals surface area contributed by atoms with E-state index in [0.29, 0.717) is 11.6 Å². The molecule has 3 N–H and O–H groups in total. The van der Waals surface area contributed by atoms with Crippen LogP contribution in [-0.4, -0.2) is 26.5 Å². The summed E-state index contributed by atoms with van der Waals surface area (Å²) in [5, 5.41) is 6.47. The summed E-state index contributed by atoms with van der Waals surface area (Å²) in [7, 11) is 0. The van der Waals surface area contributed by atoms with Crippen LogP contribution >= 0.6 is 0 Å². The van der Waals surface area contributed by atoms with Crippen molar-refractivity contribution < 1.29 is 0 Å². The van der Waals surface area contributed by atoms with Crippen molar-refractivity contribution in [1.82, 2.24) is 19.9 Å². The fourth-order valence-electron chi connectivity index (χ4n) is 2.34. The first kappa shape index (κ1) is 13.4. The third-order valence-electron chi connectivity index (χ3n) is 3.10. The lowest BCUT2D eigenvalue weighted by molar-refractivity contribution is 1.10. The number of H-pyrrole nitrogens is 1. The number of aryl methyl sites for hydroxylation is 2. The number of aromatic nitrogens is 4. The summed E-state index contributed by atoms with van der Waals surface area (Å²) in [4.78, 5) is 16.2.